The highest BCUT2D eigenvalue weighted by molar-refractivity contribution is 6.22. The van der Waals surface area contributed by atoms with Crippen LogP contribution in [0.5, 0.6) is 0 Å². The van der Waals surface area contributed by atoms with Crippen molar-refractivity contribution in [2.45, 2.75) is 57.7 Å². The van der Waals surface area contributed by atoms with Gasteiger partial charge >= 0.3 is 0 Å². The Kier molecular flexibility index (Phi) is 6.32. The molecular weight excluding hydrogens is 444 g/mol. The van der Waals surface area contributed by atoms with Gasteiger partial charge in [-0.2, -0.15) is 0 Å². The summed E-state index contributed by atoms with van der Waals surface area (Å²) in [7, 11) is 0. The number of aromatic nitrogens is 1. The molecule has 36 heavy (non-hydrogen) atoms. The van der Waals surface area contributed by atoms with Crippen LogP contribution in [0.25, 0.3) is 16.7 Å². The zero-order chi connectivity index (χ0) is 24.5. The van der Waals surface area contributed by atoms with E-state index in [0.29, 0.717) is 0 Å². The van der Waals surface area contributed by atoms with Gasteiger partial charge in [0.2, 0.25) is 0 Å². The fourth-order valence-electron chi connectivity index (χ4n) is 5.93. The minimum atomic E-state index is 0.0107. The fourth-order valence-corrected chi connectivity index (χ4v) is 5.93. The Bertz CT molecular complexity index is 1280. The third-order valence-electron chi connectivity index (χ3n) is 7.72. The third kappa shape index (κ3) is 4.80. The summed E-state index contributed by atoms with van der Waals surface area (Å²) in [6, 6.07) is 17.4. The summed E-state index contributed by atoms with van der Waals surface area (Å²) in [5.41, 5.74) is 8.83. The lowest BCUT2D eigenvalue weighted by atomic mass is 9.92. The second kappa shape index (κ2) is 9.90. The van der Waals surface area contributed by atoms with Crippen molar-refractivity contribution >= 4 is 17.2 Å². The van der Waals surface area contributed by atoms with Crippen LogP contribution in [0.3, 0.4) is 0 Å². The van der Waals surface area contributed by atoms with Crippen molar-refractivity contribution in [3.05, 3.63) is 89.3 Å². The van der Waals surface area contributed by atoms with Crippen LogP contribution >= 0.6 is 0 Å². The molecule has 1 amide bonds. The predicted molar refractivity (Wildman–Crippen MR) is 146 cm³/mol. The summed E-state index contributed by atoms with van der Waals surface area (Å²) in [5.74, 6) is 0.0107. The van der Waals surface area contributed by atoms with Crippen molar-refractivity contribution in [2.24, 2.45) is 0 Å². The Morgan fingerprint density at radius 2 is 1.78 bits per heavy atom. The smallest absolute Gasteiger partial charge is 0.251 e. The molecule has 3 heterocycles. The Morgan fingerprint density at radius 3 is 2.56 bits per heavy atom. The number of piperidine rings is 1. The van der Waals surface area contributed by atoms with Crippen LogP contribution < -0.4 is 10.6 Å². The highest BCUT2D eigenvalue weighted by atomic mass is 16.1. The quantitative estimate of drug-likeness (QED) is 0.528. The van der Waals surface area contributed by atoms with Crippen LogP contribution in [0, 0.1) is 0 Å². The van der Waals surface area contributed by atoms with E-state index < -0.39 is 0 Å². The van der Waals surface area contributed by atoms with E-state index in [2.05, 4.69) is 82.0 Å². The maximum atomic E-state index is 13.5. The van der Waals surface area contributed by atoms with E-state index >= 15 is 0 Å². The van der Waals surface area contributed by atoms with Crippen molar-refractivity contribution in [3.8, 4) is 11.1 Å². The molecule has 2 aliphatic heterocycles. The van der Waals surface area contributed by atoms with E-state index in [0.717, 1.165) is 47.3 Å². The van der Waals surface area contributed by atoms with E-state index in [1.807, 2.05) is 12.4 Å². The number of nitrogens with one attached hydrogen (secondary N) is 2. The zero-order valence-electron chi connectivity index (χ0n) is 21.0. The third-order valence-corrected chi connectivity index (χ3v) is 7.72. The first kappa shape index (κ1) is 23.0. The van der Waals surface area contributed by atoms with Crippen LogP contribution in [0.2, 0.25) is 0 Å². The normalized spacial score (nSPS) is 19.7. The van der Waals surface area contributed by atoms with Gasteiger partial charge in [-0.3, -0.25) is 14.7 Å². The maximum Gasteiger partial charge on any atom is 0.251 e. The Morgan fingerprint density at radius 1 is 1.00 bits per heavy atom. The number of amides is 1. The first-order valence-corrected chi connectivity index (χ1v) is 13.3. The van der Waals surface area contributed by atoms with E-state index in [9.17, 15) is 4.79 Å². The van der Waals surface area contributed by atoms with Crippen molar-refractivity contribution in [1.29, 1.82) is 0 Å². The van der Waals surface area contributed by atoms with Crippen molar-refractivity contribution in [2.75, 3.05) is 18.4 Å². The molecule has 0 saturated carbocycles. The number of carbonyl (C=O) groups excluding carboxylic acids is 1. The van der Waals surface area contributed by atoms with Gasteiger partial charge in [-0.15, -0.1) is 0 Å². The average Bonchev–Trinajstić information content (AvgIpc) is 3.31. The second-order valence-electron chi connectivity index (χ2n) is 10.5. The lowest BCUT2D eigenvalue weighted by Gasteiger charge is -2.26. The molecule has 1 unspecified atom stereocenters. The van der Waals surface area contributed by atoms with Gasteiger partial charge in [0.05, 0.1) is 0 Å². The summed E-state index contributed by atoms with van der Waals surface area (Å²) in [6.07, 6.45) is 11.7. The number of carbonyl (C=O) groups is 1. The molecule has 1 fully saturated rings. The van der Waals surface area contributed by atoms with Gasteiger partial charge in [0, 0.05) is 53.4 Å². The Labute approximate surface area is 213 Å². The second-order valence-corrected chi connectivity index (χ2v) is 10.5. The minimum Gasteiger partial charge on any atom is -0.379 e. The van der Waals surface area contributed by atoms with Crippen molar-refractivity contribution < 1.29 is 4.79 Å². The molecule has 0 radical (unpaired) electrons. The molecule has 184 valence electrons. The van der Waals surface area contributed by atoms with Gasteiger partial charge in [-0.25, -0.2) is 0 Å². The van der Waals surface area contributed by atoms with Crippen LogP contribution in [0.4, 0.5) is 5.69 Å². The number of rotatable bonds is 5. The van der Waals surface area contributed by atoms with Gasteiger partial charge in [0.25, 0.3) is 5.91 Å². The lowest BCUT2D eigenvalue weighted by molar-refractivity contribution is -0.116. The van der Waals surface area contributed by atoms with Crippen LogP contribution in [0.15, 0.2) is 67.0 Å². The average molecular weight is 479 g/mol. The Balaban J connectivity index is 1.23. The SMILES string of the molecule is CC1C=C(C(=O)NC2Cc3ccccc3C2)c2cc(-c3cncc(CN4CCCCC4)c3)ccc2N1. The molecule has 0 spiro atoms. The zero-order valence-corrected chi connectivity index (χ0v) is 21.0. The lowest BCUT2D eigenvalue weighted by Crippen LogP contribution is -2.37. The number of benzene rings is 2. The number of fused-ring (bicyclic) bond motifs is 2. The molecule has 1 aliphatic carbocycles. The molecule has 1 atom stereocenters. The topological polar surface area (TPSA) is 57.3 Å². The van der Waals surface area contributed by atoms with Gasteiger partial charge in [-0.05, 0) is 92.2 Å². The molecule has 5 nitrogen and oxygen atoms in total. The molecule has 2 aromatic carbocycles. The molecule has 1 saturated heterocycles. The number of hydrogen-bond acceptors (Lipinski definition) is 4. The van der Waals surface area contributed by atoms with E-state index in [1.54, 1.807) is 0 Å². The molecule has 5 heteroatoms. The Hall–Kier alpha value is -3.44. The van der Waals surface area contributed by atoms with Crippen molar-refractivity contribution in [1.82, 2.24) is 15.2 Å². The largest absolute Gasteiger partial charge is 0.379 e. The molecule has 6 rings (SSSR count). The van der Waals surface area contributed by atoms with Crippen LogP contribution in [-0.4, -0.2) is 41.0 Å². The maximum absolute atomic E-state index is 13.5. The van der Waals surface area contributed by atoms with E-state index in [4.69, 9.17) is 0 Å². The van der Waals surface area contributed by atoms with E-state index in [-0.39, 0.29) is 18.0 Å². The fraction of sp³-hybridized carbons (Fsp3) is 0.355. The first-order valence-electron chi connectivity index (χ1n) is 13.3. The predicted octanol–water partition coefficient (Wildman–Crippen LogP) is 5.22. The van der Waals surface area contributed by atoms with Crippen LogP contribution in [0.1, 0.15) is 48.4 Å². The summed E-state index contributed by atoms with van der Waals surface area (Å²) >= 11 is 0. The number of nitrogens with zero attached hydrogens (tertiary/aromatic N) is 2. The molecule has 1 aromatic heterocycles. The number of anilines is 1. The first-order chi connectivity index (χ1) is 17.6. The molecular formula is C31H34N4O. The van der Waals surface area contributed by atoms with Crippen molar-refractivity contribution in [3.63, 3.8) is 0 Å². The molecule has 3 aliphatic rings. The molecule has 2 N–H and O–H groups in total. The number of pyridine rings is 1. The number of hydrogen-bond donors (Lipinski definition) is 2. The van der Waals surface area contributed by atoms with E-state index in [1.165, 1.54) is 49.0 Å². The molecule has 0 bridgehead atoms. The van der Waals surface area contributed by atoms with Gasteiger partial charge in [-0.1, -0.05) is 36.8 Å². The summed E-state index contributed by atoms with van der Waals surface area (Å²) in [6.45, 7) is 5.37. The van der Waals surface area contributed by atoms with Gasteiger partial charge in [0.1, 0.15) is 0 Å². The highest BCUT2D eigenvalue weighted by Crippen LogP contribution is 2.34. The highest BCUT2D eigenvalue weighted by Gasteiger charge is 2.27. The minimum absolute atomic E-state index is 0.0107. The standard InChI is InChI=1S/C31H34N4O/c1-21-13-29(31(36)34-27-15-23-7-3-4-8-24(23)16-27)28-17-25(9-10-30(28)33-21)26-14-22(18-32-19-26)20-35-11-5-2-6-12-35/h3-4,7-10,13-14,17-19,21,27,33H,2,5-6,11-12,15-16,20H2,1H3,(H,34,36). The summed E-state index contributed by atoms with van der Waals surface area (Å²) in [4.78, 5) is 20.6. The summed E-state index contributed by atoms with van der Waals surface area (Å²) in [5, 5.41) is 6.84. The monoisotopic (exact) mass is 478 g/mol. The van der Waals surface area contributed by atoms with Gasteiger partial charge in [0.15, 0.2) is 0 Å². The molecule has 3 aromatic rings. The number of likely N-dealkylation sites (tertiary alicyclic amines) is 1. The van der Waals surface area contributed by atoms with Gasteiger partial charge < -0.3 is 10.6 Å². The van der Waals surface area contributed by atoms with Crippen LogP contribution in [-0.2, 0) is 24.2 Å². The summed E-state index contributed by atoms with van der Waals surface area (Å²) < 4.78 is 0.